The van der Waals surface area contributed by atoms with Crippen molar-refractivity contribution in [3.05, 3.63) is 58.7 Å². The minimum absolute atomic E-state index is 0.375. The zero-order valence-corrected chi connectivity index (χ0v) is 22.6. The lowest BCUT2D eigenvalue weighted by atomic mass is 9.83. The Balaban J connectivity index is 2.13. The molecule has 3 aromatic rings. The van der Waals surface area contributed by atoms with Gasteiger partial charge in [0.1, 0.15) is 0 Å². The number of hydrogen-bond donors (Lipinski definition) is 0. The summed E-state index contributed by atoms with van der Waals surface area (Å²) in [5.41, 5.74) is 7.70. The van der Waals surface area contributed by atoms with E-state index in [1.807, 2.05) is 18.5 Å². The molecular weight excluding hydrogens is 424 g/mol. The Morgan fingerprint density at radius 1 is 0.909 bits per heavy atom. The molecule has 33 heavy (non-hydrogen) atoms. The molecular formula is C28H40N4S. The highest BCUT2D eigenvalue weighted by atomic mass is 32.1. The van der Waals surface area contributed by atoms with E-state index in [1.165, 1.54) is 22.3 Å². The summed E-state index contributed by atoms with van der Waals surface area (Å²) in [5, 5.41) is 3.25. The number of benzene rings is 1. The summed E-state index contributed by atoms with van der Waals surface area (Å²) >= 11 is 1.72. The van der Waals surface area contributed by atoms with E-state index in [-0.39, 0.29) is 0 Å². The van der Waals surface area contributed by atoms with Crippen LogP contribution in [0.1, 0.15) is 82.9 Å². The van der Waals surface area contributed by atoms with Crippen LogP contribution in [0.15, 0.2) is 42.0 Å². The van der Waals surface area contributed by atoms with Gasteiger partial charge in [-0.2, -0.15) is 0 Å². The third kappa shape index (κ3) is 5.82. The molecule has 5 heteroatoms. The molecule has 0 fully saturated rings. The maximum absolute atomic E-state index is 5.23. The van der Waals surface area contributed by atoms with Crippen molar-refractivity contribution >= 4 is 22.2 Å². The molecule has 1 aromatic carbocycles. The first kappa shape index (κ1) is 25.4. The highest BCUT2D eigenvalue weighted by Crippen LogP contribution is 2.41. The lowest BCUT2D eigenvalue weighted by Crippen LogP contribution is -2.36. The first-order valence-corrected chi connectivity index (χ1v) is 13.0. The van der Waals surface area contributed by atoms with Gasteiger partial charge in [-0.3, -0.25) is 4.98 Å². The van der Waals surface area contributed by atoms with Crippen LogP contribution in [0.2, 0.25) is 0 Å². The quantitative estimate of drug-likeness (QED) is 0.325. The highest BCUT2D eigenvalue weighted by Gasteiger charge is 2.23. The number of hydrogen-bond acceptors (Lipinski definition) is 5. The van der Waals surface area contributed by atoms with E-state index in [1.54, 1.807) is 11.3 Å². The van der Waals surface area contributed by atoms with Gasteiger partial charge in [0, 0.05) is 29.7 Å². The molecule has 3 rings (SSSR count). The third-order valence-electron chi connectivity index (χ3n) is 6.40. The van der Waals surface area contributed by atoms with Gasteiger partial charge >= 0.3 is 0 Å². The van der Waals surface area contributed by atoms with Gasteiger partial charge in [0.25, 0.3) is 0 Å². The lowest BCUT2D eigenvalue weighted by Gasteiger charge is -2.28. The largest absolute Gasteiger partial charge is 0.315 e. The fourth-order valence-electron chi connectivity index (χ4n) is 3.99. The normalized spacial score (nSPS) is 12.9. The van der Waals surface area contributed by atoms with Crippen LogP contribution in [0, 0.1) is 0 Å². The summed E-state index contributed by atoms with van der Waals surface area (Å²) in [6, 6.07) is 9.30. The average Bonchev–Trinajstić information content (AvgIpc) is 3.26. The number of nitrogens with zero attached hydrogens (tertiary/aromatic N) is 4. The number of rotatable bonds is 9. The Bertz CT molecular complexity index is 1010. The highest BCUT2D eigenvalue weighted by molar-refractivity contribution is 7.14. The Morgan fingerprint density at radius 3 is 2.03 bits per heavy atom. The van der Waals surface area contributed by atoms with Crippen LogP contribution in [0.25, 0.3) is 11.3 Å². The molecule has 2 heterocycles. The van der Waals surface area contributed by atoms with Gasteiger partial charge in [0.15, 0.2) is 5.13 Å². The predicted molar refractivity (Wildman–Crippen MR) is 144 cm³/mol. The minimum atomic E-state index is 0.375. The average molecular weight is 465 g/mol. The summed E-state index contributed by atoms with van der Waals surface area (Å²) in [7, 11) is 4.25. The van der Waals surface area contributed by atoms with Crippen LogP contribution in [-0.4, -0.2) is 41.5 Å². The molecule has 0 aliphatic carbocycles. The zero-order valence-electron chi connectivity index (χ0n) is 21.8. The van der Waals surface area contributed by atoms with Crippen LogP contribution in [0.5, 0.6) is 0 Å². The second-order valence-electron chi connectivity index (χ2n) is 10.2. The zero-order chi connectivity index (χ0) is 24.3. The molecule has 178 valence electrons. The fraction of sp³-hybridized carbons (Fsp3) is 0.500. The summed E-state index contributed by atoms with van der Waals surface area (Å²) in [6.45, 7) is 16.8. The molecule has 0 saturated carbocycles. The number of likely N-dealkylation sites (N-methyl/N-ethyl adjacent to an activating group) is 1. The maximum Gasteiger partial charge on any atom is 0.190 e. The van der Waals surface area contributed by atoms with Crippen molar-refractivity contribution in [1.82, 2.24) is 14.9 Å². The topological polar surface area (TPSA) is 32.3 Å². The van der Waals surface area contributed by atoms with Crippen molar-refractivity contribution in [3.63, 3.8) is 0 Å². The number of thiazole rings is 1. The second-order valence-corrected chi connectivity index (χ2v) is 11.0. The van der Waals surface area contributed by atoms with Crippen molar-refractivity contribution < 1.29 is 0 Å². The van der Waals surface area contributed by atoms with E-state index < -0.39 is 0 Å². The van der Waals surface area contributed by atoms with Gasteiger partial charge < -0.3 is 9.80 Å². The molecule has 1 unspecified atom stereocenters. The van der Waals surface area contributed by atoms with Gasteiger partial charge in [-0.1, -0.05) is 53.7 Å². The lowest BCUT2D eigenvalue weighted by molar-refractivity contribution is 0.319. The minimum Gasteiger partial charge on any atom is -0.315 e. The molecule has 0 N–H and O–H groups in total. The number of aromatic nitrogens is 2. The van der Waals surface area contributed by atoms with Crippen molar-refractivity contribution in [2.45, 2.75) is 72.3 Å². The standard InChI is InChI=1S/C28H40N4S/c1-18(2)22-13-24(19(3)4)27(25(14-22)20(5)6)26-17-33-28(30-26)32(16-21(7)31(8)9)23-11-10-12-29-15-23/h10-15,17-21H,16H2,1-9H3. The van der Waals surface area contributed by atoms with Crippen LogP contribution in [0.3, 0.4) is 0 Å². The summed E-state index contributed by atoms with van der Waals surface area (Å²) < 4.78 is 0. The molecule has 2 aromatic heterocycles. The molecule has 0 aliphatic rings. The summed E-state index contributed by atoms with van der Waals surface area (Å²) in [6.07, 6.45) is 3.75. The van der Waals surface area contributed by atoms with Crippen LogP contribution >= 0.6 is 11.3 Å². The Morgan fingerprint density at radius 2 is 1.55 bits per heavy atom. The van der Waals surface area contributed by atoms with Crippen LogP contribution in [-0.2, 0) is 0 Å². The summed E-state index contributed by atoms with van der Waals surface area (Å²) in [4.78, 5) is 14.1. The van der Waals surface area contributed by atoms with E-state index in [9.17, 15) is 0 Å². The van der Waals surface area contributed by atoms with E-state index in [2.05, 4.69) is 101 Å². The monoisotopic (exact) mass is 464 g/mol. The first-order valence-electron chi connectivity index (χ1n) is 12.1. The molecule has 0 aliphatic heterocycles. The van der Waals surface area contributed by atoms with E-state index >= 15 is 0 Å². The third-order valence-corrected chi connectivity index (χ3v) is 7.26. The van der Waals surface area contributed by atoms with Crippen LogP contribution < -0.4 is 4.90 Å². The first-order chi connectivity index (χ1) is 15.6. The molecule has 0 radical (unpaired) electrons. The Kier molecular flexibility index (Phi) is 8.30. The smallest absolute Gasteiger partial charge is 0.190 e. The molecule has 0 amide bonds. The van der Waals surface area contributed by atoms with Crippen molar-refractivity contribution in [1.29, 1.82) is 0 Å². The summed E-state index contributed by atoms with van der Waals surface area (Å²) in [5.74, 6) is 1.38. The molecule has 0 spiro atoms. The van der Waals surface area contributed by atoms with Crippen molar-refractivity contribution in [2.24, 2.45) is 0 Å². The maximum atomic E-state index is 5.23. The Labute approximate surface area is 204 Å². The van der Waals surface area contributed by atoms with Gasteiger partial charge in [0.05, 0.1) is 17.6 Å². The fourth-order valence-corrected chi connectivity index (χ4v) is 4.84. The van der Waals surface area contributed by atoms with E-state index in [0.29, 0.717) is 23.8 Å². The van der Waals surface area contributed by atoms with E-state index in [4.69, 9.17) is 4.98 Å². The van der Waals surface area contributed by atoms with Gasteiger partial charge in [-0.05, 0) is 67.6 Å². The Hall–Kier alpha value is -2.24. The van der Waals surface area contributed by atoms with Gasteiger partial charge in [-0.25, -0.2) is 4.98 Å². The SMILES string of the molecule is CC(C)c1cc(C(C)C)c(-c2csc(N(CC(C)N(C)C)c3cccnc3)n2)c(C(C)C)c1. The number of pyridine rings is 1. The van der Waals surface area contributed by atoms with Gasteiger partial charge in [0.2, 0.25) is 0 Å². The molecule has 4 nitrogen and oxygen atoms in total. The van der Waals surface area contributed by atoms with Gasteiger partial charge in [-0.15, -0.1) is 11.3 Å². The van der Waals surface area contributed by atoms with Crippen molar-refractivity contribution in [2.75, 3.05) is 25.5 Å². The van der Waals surface area contributed by atoms with Crippen LogP contribution in [0.4, 0.5) is 10.8 Å². The van der Waals surface area contributed by atoms with E-state index in [0.717, 1.165) is 23.1 Å². The molecule has 0 saturated heterocycles. The number of anilines is 2. The molecule has 1 atom stereocenters. The predicted octanol–water partition coefficient (Wildman–Crippen LogP) is 7.66. The second kappa shape index (κ2) is 10.8. The van der Waals surface area contributed by atoms with Crippen molar-refractivity contribution in [3.8, 4) is 11.3 Å². The molecule has 0 bridgehead atoms.